The molecule has 0 radical (unpaired) electrons. The first kappa shape index (κ1) is 27.1. The van der Waals surface area contributed by atoms with Crippen LogP contribution in [0.15, 0.2) is 53.5 Å². The number of alkyl halides is 3. The SMILES string of the molecule is Cc1ccc(C(=O)Nc2ccc(CN3CCN(C)CC3)c(C(F)(F)F)c2)cc1C#Cc1nnc2cc[nH]c(=O)n12. The highest BCUT2D eigenvalue weighted by atomic mass is 19.4. The van der Waals surface area contributed by atoms with E-state index in [1.54, 1.807) is 25.1 Å². The number of hydrogen-bond donors (Lipinski definition) is 2. The zero-order valence-electron chi connectivity index (χ0n) is 21.8. The van der Waals surface area contributed by atoms with E-state index in [4.69, 9.17) is 0 Å². The number of hydrogen-bond acceptors (Lipinski definition) is 6. The molecule has 2 aromatic carbocycles. The van der Waals surface area contributed by atoms with Crippen molar-refractivity contribution in [3.05, 3.63) is 92.8 Å². The zero-order valence-corrected chi connectivity index (χ0v) is 21.8. The van der Waals surface area contributed by atoms with Crippen LogP contribution in [0.5, 0.6) is 0 Å². The number of carbonyl (C=O) groups is 1. The number of anilines is 1. The summed E-state index contributed by atoms with van der Waals surface area (Å²) in [4.78, 5) is 31.8. The van der Waals surface area contributed by atoms with Crippen LogP contribution in [-0.2, 0) is 12.7 Å². The lowest BCUT2D eigenvalue weighted by molar-refractivity contribution is -0.138. The number of aryl methyl sites for hydroxylation is 1. The Bertz CT molecular complexity index is 1690. The summed E-state index contributed by atoms with van der Waals surface area (Å²) in [7, 11) is 1.99. The lowest BCUT2D eigenvalue weighted by Crippen LogP contribution is -2.44. The van der Waals surface area contributed by atoms with Gasteiger partial charge in [-0.2, -0.15) is 13.2 Å². The first-order chi connectivity index (χ1) is 19.1. The van der Waals surface area contributed by atoms with Crippen LogP contribution in [0.1, 0.15) is 38.4 Å². The van der Waals surface area contributed by atoms with E-state index < -0.39 is 23.3 Å². The predicted molar refractivity (Wildman–Crippen MR) is 143 cm³/mol. The number of aromatic amines is 1. The zero-order chi connectivity index (χ0) is 28.4. The number of H-pyrrole nitrogens is 1. The fraction of sp³-hybridized carbons (Fsp3) is 0.286. The van der Waals surface area contributed by atoms with Crippen LogP contribution in [0.2, 0.25) is 0 Å². The molecule has 5 rings (SSSR count). The number of benzene rings is 2. The van der Waals surface area contributed by atoms with Crippen LogP contribution in [-0.4, -0.2) is 68.5 Å². The standard InChI is InChI=1S/C28H26F3N7O2/c1-18-3-4-20(15-19(18)6-8-24-34-35-25-9-10-32-27(40)38(24)25)26(39)33-22-7-5-21(23(16-22)28(29,30)31)17-37-13-11-36(2)12-14-37/h3-5,7,9-10,15-16H,11-14,17H2,1-2H3,(H,32,40)(H,33,39). The molecule has 9 nitrogen and oxygen atoms in total. The fourth-order valence-electron chi connectivity index (χ4n) is 4.46. The Morgan fingerprint density at radius 2 is 1.82 bits per heavy atom. The van der Waals surface area contributed by atoms with Crippen LogP contribution in [0, 0.1) is 18.8 Å². The lowest BCUT2D eigenvalue weighted by Gasteiger charge is -2.33. The van der Waals surface area contributed by atoms with Gasteiger partial charge in [-0.25, -0.2) is 9.20 Å². The maximum Gasteiger partial charge on any atom is 0.416 e. The average Bonchev–Trinajstić information content (AvgIpc) is 3.34. The highest BCUT2D eigenvalue weighted by molar-refractivity contribution is 6.04. The molecular weight excluding hydrogens is 523 g/mol. The Hall–Kier alpha value is -4.47. The second-order valence-corrected chi connectivity index (χ2v) is 9.68. The molecule has 40 heavy (non-hydrogen) atoms. The predicted octanol–water partition coefficient (Wildman–Crippen LogP) is 3.14. The molecule has 1 fully saturated rings. The summed E-state index contributed by atoms with van der Waals surface area (Å²) >= 11 is 0. The average molecular weight is 550 g/mol. The van der Waals surface area contributed by atoms with Crippen molar-refractivity contribution in [2.75, 3.05) is 38.5 Å². The first-order valence-electron chi connectivity index (χ1n) is 12.6. The number of nitrogens with zero attached hydrogens (tertiary/aromatic N) is 5. The van der Waals surface area contributed by atoms with Gasteiger partial charge < -0.3 is 15.2 Å². The van der Waals surface area contributed by atoms with Gasteiger partial charge in [0.1, 0.15) is 0 Å². The quantitative estimate of drug-likeness (QED) is 0.380. The molecule has 1 aliphatic rings. The van der Waals surface area contributed by atoms with Gasteiger partial charge in [-0.3, -0.25) is 9.69 Å². The van der Waals surface area contributed by atoms with Crippen molar-refractivity contribution in [2.45, 2.75) is 19.6 Å². The van der Waals surface area contributed by atoms with Crippen molar-refractivity contribution in [3.63, 3.8) is 0 Å². The molecule has 0 atom stereocenters. The molecule has 0 saturated carbocycles. The van der Waals surface area contributed by atoms with Crippen molar-refractivity contribution in [1.82, 2.24) is 29.4 Å². The fourth-order valence-corrected chi connectivity index (χ4v) is 4.46. The second kappa shape index (κ2) is 11.0. The Kier molecular flexibility index (Phi) is 7.42. The number of carbonyl (C=O) groups excluding carboxylic acids is 1. The monoisotopic (exact) mass is 549 g/mol. The number of rotatable bonds is 4. The van der Waals surface area contributed by atoms with Gasteiger partial charge in [-0.05, 0) is 61.4 Å². The third-order valence-electron chi connectivity index (χ3n) is 6.80. The summed E-state index contributed by atoms with van der Waals surface area (Å²) in [6.07, 6.45) is -3.11. The highest BCUT2D eigenvalue weighted by Gasteiger charge is 2.34. The minimum Gasteiger partial charge on any atom is -0.322 e. The number of amides is 1. The highest BCUT2D eigenvalue weighted by Crippen LogP contribution is 2.34. The van der Waals surface area contributed by atoms with Crippen LogP contribution in [0.25, 0.3) is 5.65 Å². The van der Waals surface area contributed by atoms with Gasteiger partial charge in [-0.1, -0.05) is 18.1 Å². The normalized spacial score (nSPS) is 14.6. The topological polar surface area (TPSA) is 98.6 Å². The van der Waals surface area contributed by atoms with Gasteiger partial charge in [0.2, 0.25) is 5.82 Å². The molecule has 0 bridgehead atoms. The van der Waals surface area contributed by atoms with Crippen molar-refractivity contribution < 1.29 is 18.0 Å². The van der Waals surface area contributed by atoms with Crippen LogP contribution >= 0.6 is 0 Å². The molecule has 2 N–H and O–H groups in total. The molecular formula is C28H26F3N7O2. The Balaban J connectivity index is 1.36. The number of fused-ring (bicyclic) bond motifs is 1. The Labute approximate surface area is 227 Å². The maximum atomic E-state index is 13.9. The Morgan fingerprint density at radius 3 is 2.58 bits per heavy atom. The smallest absolute Gasteiger partial charge is 0.322 e. The Morgan fingerprint density at radius 1 is 1.05 bits per heavy atom. The molecule has 0 spiro atoms. The van der Waals surface area contributed by atoms with E-state index in [0.717, 1.165) is 24.7 Å². The third-order valence-corrected chi connectivity index (χ3v) is 6.80. The van der Waals surface area contributed by atoms with Crippen molar-refractivity contribution in [3.8, 4) is 11.8 Å². The second-order valence-electron chi connectivity index (χ2n) is 9.68. The van der Waals surface area contributed by atoms with E-state index in [9.17, 15) is 22.8 Å². The van der Waals surface area contributed by atoms with Crippen LogP contribution in [0.3, 0.4) is 0 Å². The van der Waals surface area contributed by atoms with E-state index in [-0.39, 0.29) is 29.2 Å². The largest absolute Gasteiger partial charge is 0.416 e. The molecule has 0 unspecified atom stereocenters. The van der Waals surface area contributed by atoms with E-state index in [2.05, 4.69) is 37.2 Å². The maximum absolute atomic E-state index is 13.9. The molecule has 4 aromatic rings. The minimum atomic E-state index is -4.57. The van der Waals surface area contributed by atoms with Crippen LogP contribution in [0.4, 0.5) is 18.9 Å². The number of aromatic nitrogens is 4. The molecule has 1 aliphatic heterocycles. The summed E-state index contributed by atoms with van der Waals surface area (Å²) in [6.45, 7) is 4.96. The number of piperazine rings is 1. The summed E-state index contributed by atoms with van der Waals surface area (Å²) < 4.78 is 43.0. The van der Waals surface area contributed by atoms with E-state index in [0.29, 0.717) is 24.3 Å². The number of likely N-dealkylation sites (N-methyl/N-ethyl adjacent to an activating group) is 1. The van der Waals surface area contributed by atoms with Gasteiger partial charge in [-0.15, -0.1) is 10.2 Å². The molecule has 2 aromatic heterocycles. The van der Waals surface area contributed by atoms with Crippen molar-refractivity contribution >= 4 is 17.2 Å². The van der Waals surface area contributed by atoms with Crippen LogP contribution < -0.4 is 11.0 Å². The number of halogens is 3. The first-order valence-corrected chi connectivity index (χ1v) is 12.6. The van der Waals surface area contributed by atoms with Gasteiger partial charge in [0.25, 0.3) is 5.91 Å². The van der Waals surface area contributed by atoms with Gasteiger partial charge in [0.05, 0.1) is 5.56 Å². The molecule has 0 aliphatic carbocycles. The van der Waals surface area contributed by atoms with E-state index >= 15 is 0 Å². The summed E-state index contributed by atoms with van der Waals surface area (Å²) in [5.41, 5.74) is 0.818. The number of nitrogens with one attached hydrogen (secondary N) is 2. The van der Waals surface area contributed by atoms with Gasteiger partial charge in [0, 0.05) is 55.7 Å². The minimum absolute atomic E-state index is 0.0433. The summed E-state index contributed by atoms with van der Waals surface area (Å²) in [5.74, 6) is 5.26. The van der Waals surface area contributed by atoms with E-state index in [1.807, 2.05) is 11.9 Å². The third kappa shape index (κ3) is 5.90. The molecule has 1 amide bonds. The van der Waals surface area contributed by atoms with Crippen molar-refractivity contribution in [1.29, 1.82) is 0 Å². The van der Waals surface area contributed by atoms with Gasteiger partial charge in [0.15, 0.2) is 5.65 Å². The van der Waals surface area contributed by atoms with E-state index in [1.165, 1.54) is 28.8 Å². The molecule has 3 heterocycles. The summed E-state index contributed by atoms with van der Waals surface area (Å²) in [5, 5.41) is 10.4. The molecule has 1 saturated heterocycles. The van der Waals surface area contributed by atoms with Gasteiger partial charge >= 0.3 is 11.9 Å². The molecule has 12 heteroatoms. The molecule has 206 valence electrons. The summed E-state index contributed by atoms with van der Waals surface area (Å²) in [6, 6.07) is 10.3. The lowest BCUT2D eigenvalue weighted by atomic mass is 10.0. The van der Waals surface area contributed by atoms with Crippen molar-refractivity contribution in [2.24, 2.45) is 0 Å².